The molecule has 0 spiro atoms. The van der Waals surface area contributed by atoms with Crippen LogP contribution in [0.5, 0.6) is 0 Å². The summed E-state index contributed by atoms with van der Waals surface area (Å²) in [4.78, 5) is 0. The van der Waals surface area contributed by atoms with Gasteiger partial charge in [-0.05, 0) is 0 Å². The Morgan fingerprint density at radius 3 is 1.52 bits per heavy atom. The fourth-order valence-corrected chi connectivity index (χ4v) is 14.1. The molecule has 146 valence electrons. The summed E-state index contributed by atoms with van der Waals surface area (Å²) in [6, 6.07) is 0. The van der Waals surface area contributed by atoms with Crippen LogP contribution < -0.4 is 0 Å². The van der Waals surface area contributed by atoms with Gasteiger partial charge in [0.15, 0.2) is 0 Å². The molecule has 0 heterocycles. The van der Waals surface area contributed by atoms with E-state index in [0.29, 0.717) is 0 Å². The topological polar surface area (TPSA) is 9.72 Å². The summed E-state index contributed by atoms with van der Waals surface area (Å²) < 4.78 is 10.4. The molecule has 1 aliphatic rings. The molecule has 0 N–H and O–H groups in total. The third-order valence-electron chi connectivity index (χ3n) is 5.67. The van der Waals surface area contributed by atoms with E-state index in [4.69, 9.17) is 0 Å². The van der Waals surface area contributed by atoms with E-state index in [1.807, 2.05) is 3.88 Å². The van der Waals surface area contributed by atoms with Gasteiger partial charge in [-0.25, -0.2) is 0 Å². The molecule has 0 aliphatic heterocycles. The third-order valence-corrected chi connectivity index (χ3v) is 14.9. The first-order chi connectivity index (χ1) is 12.0. The summed E-state index contributed by atoms with van der Waals surface area (Å²) in [7, 11) is 0. The van der Waals surface area contributed by atoms with Crippen molar-refractivity contribution in [3.05, 3.63) is 21.6 Å². The SMILES string of the molecule is CC[N](CC)[Ti]([C]1=C(CC(C)C)C=CC1)([N](CC)CC)[N](CC)CC. The van der Waals surface area contributed by atoms with Crippen LogP contribution in [-0.4, -0.2) is 49.4 Å². The maximum absolute atomic E-state index is 2.88. The third kappa shape index (κ3) is 4.68. The normalized spacial score (nSPS) is 15.7. The van der Waals surface area contributed by atoms with E-state index >= 15 is 0 Å². The van der Waals surface area contributed by atoms with Crippen molar-refractivity contribution < 1.29 is 17.4 Å². The van der Waals surface area contributed by atoms with E-state index in [9.17, 15) is 0 Å². The zero-order chi connectivity index (χ0) is 19.0. The molecule has 0 radical (unpaired) electrons. The minimum atomic E-state index is -2.75. The molecule has 4 heteroatoms. The van der Waals surface area contributed by atoms with Crippen LogP contribution in [0.1, 0.15) is 68.2 Å². The van der Waals surface area contributed by atoms with E-state index in [-0.39, 0.29) is 0 Å². The summed E-state index contributed by atoms with van der Waals surface area (Å²) in [6.45, 7) is 25.8. The second-order valence-electron chi connectivity index (χ2n) is 7.36. The Kier molecular flexibility index (Phi) is 10.2. The van der Waals surface area contributed by atoms with Gasteiger partial charge in [0.1, 0.15) is 0 Å². The van der Waals surface area contributed by atoms with Crippen molar-refractivity contribution in [2.75, 3.05) is 39.3 Å². The van der Waals surface area contributed by atoms with Crippen LogP contribution in [0.2, 0.25) is 0 Å². The van der Waals surface area contributed by atoms with Crippen molar-refractivity contribution in [2.24, 2.45) is 5.92 Å². The van der Waals surface area contributed by atoms with Crippen molar-refractivity contribution >= 4 is 0 Å². The zero-order valence-corrected chi connectivity index (χ0v) is 19.8. The van der Waals surface area contributed by atoms with Gasteiger partial charge in [0.05, 0.1) is 0 Å². The average Bonchev–Trinajstić information content (AvgIpc) is 3.04. The Hall–Kier alpha value is 0.0743. The average molecular weight is 385 g/mol. The molecule has 0 aromatic carbocycles. The van der Waals surface area contributed by atoms with Gasteiger partial charge in [0, 0.05) is 0 Å². The van der Waals surface area contributed by atoms with Crippen LogP contribution >= 0.6 is 0 Å². The second-order valence-corrected chi connectivity index (χ2v) is 13.3. The van der Waals surface area contributed by atoms with Gasteiger partial charge in [-0.1, -0.05) is 0 Å². The molecule has 0 amide bonds. The van der Waals surface area contributed by atoms with Gasteiger partial charge < -0.3 is 0 Å². The molecular formula is C21H43N3Ti. The maximum atomic E-state index is 2.88. The predicted molar refractivity (Wildman–Crippen MR) is 109 cm³/mol. The van der Waals surface area contributed by atoms with Crippen LogP contribution in [0.4, 0.5) is 0 Å². The van der Waals surface area contributed by atoms with E-state index in [2.05, 4.69) is 77.7 Å². The van der Waals surface area contributed by atoms with Crippen molar-refractivity contribution in [3.8, 4) is 0 Å². The van der Waals surface area contributed by atoms with Crippen LogP contribution in [0.25, 0.3) is 0 Å². The second kappa shape index (κ2) is 11.0. The van der Waals surface area contributed by atoms with E-state index in [0.717, 1.165) is 45.2 Å². The molecule has 0 aromatic heterocycles. The Labute approximate surface area is 162 Å². The van der Waals surface area contributed by atoms with E-state index < -0.39 is 17.4 Å². The Morgan fingerprint density at radius 1 is 0.800 bits per heavy atom. The fourth-order valence-electron chi connectivity index (χ4n) is 4.70. The Morgan fingerprint density at radius 2 is 1.20 bits per heavy atom. The Bertz CT molecular complexity index is 413. The Balaban J connectivity index is 3.68. The fraction of sp³-hybridized carbons (Fsp3) is 0.810. The van der Waals surface area contributed by atoms with Crippen LogP contribution in [0, 0.1) is 5.92 Å². The standard InChI is InChI=1S/C9H13.3C4H10N.Ti/c1-8(2)7-9-5-3-4-6-9;3*1-3-5-4-2;/h3,5,8H,4,7H2,1-2H3;3*3-4H2,1-2H3;/q;3*-1;+3. The summed E-state index contributed by atoms with van der Waals surface area (Å²) in [5.41, 5.74) is 1.65. The summed E-state index contributed by atoms with van der Waals surface area (Å²) in [5, 5.41) is 0. The van der Waals surface area contributed by atoms with Crippen LogP contribution in [0.3, 0.4) is 0 Å². The zero-order valence-electron chi connectivity index (χ0n) is 18.2. The van der Waals surface area contributed by atoms with Crippen molar-refractivity contribution in [2.45, 2.75) is 68.2 Å². The van der Waals surface area contributed by atoms with Gasteiger partial charge in [0.25, 0.3) is 0 Å². The summed E-state index contributed by atoms with van der Waals surface area (Å²) >= 11 is -2.75. The first-order valence-corrected chi connectivity index (χ1v) is 13.5. The van der Waals surface area contributed by atoms with Gasteiger partial charge in [-0.2, -0.15) is 0 Å². The minimum absolute atomic E-state index is 0.720. The van der Waals surface area contributed by atoms with Gasteiger partial charge >= 0.3 is 163 Å². The molecule has 25 heavy (non-hydrogen) atoms. The molecule has 0 saturated carbocycles. The molecule has 1 rings (SSSR count). The molecule has 3 nitrogen and oxygen atoms in total. The van der Waals surface area contributed by atoms with Crippen LogP contribution in [0.15, 0.2) is 21.6 Å². The molecule has 0 unspecified atom stereocenters. The molecule has 0 bridgehead atoms. The summed E-state index contributed by atoms with van der Waals surface area (Å²) in [6.07, 6.45) is 7.28. The van der Waals surface area contributed by atoms with Gasteiger partial charge in [-0.3, -0.25) is 0 Å². The number of allylic oxidation sites excluding steroid dienone is 4. The molecule has 0 aromatic rings. The molecule has 0 fully saturated rings. The quantitative estimate of drug-likeness (QED) is 0.429. The first kappa shape index (κ1) is 23.1. The number of hydrogen-bond acceptors (Lipinski definition) is 3. The van der Waals surface area contributed by atoms with Crippen LogP contribution in [-0.2, 0) is 17.4 Å². The predicted octanol–water partition coefficient (Wildman–Crippen LogP) is 5.17. The van der Waals surface area contributed by atoms with E-state index in [1.165, 1.54) is 12.8 Å². The van der Waals surface area contributed by atoms with E-state index in [1.54, 1.807) is 5.57 Å². The summed E-state index contributed by atoms with van der Waals surface area (Å²) in [5.74, 6) is 0.720. The molecule has 0 atom stereocenters. The van der Waals surface area contributed by atoms with Gasteiger partial charge in [0.2, 0.25) is 0 Å². The molecule has 1 aliphatic carbocycles. The number of nitrogens with zero attached hydrogens (tertiary/aromatic N) is 3. The van der Waals surface area contributed by atoms with Crippen molar-refractivity contribution in [1.82, 2.24) is 10.1 Å². The van der Waals surface area contributed by atoms with Gasteiger partial charge in [-0.15, -0.1) is 0 Å². The van der Waals surface area contributed by atoms with Crippen molar-refractivity contribution in [1.29, 1.82) is 0 Å². The molecule has 0 saturated heterocycles. The molecular weight excluding hydrogens is 342 g/mol. The van der Waals surface area contributed by atoms with Crippen molar-refractivity contribution in [3.63, 3.8) is 0 Å². The monoisotopic (exact) mass is 385 g/mol. The number of hydrogen-bond donors (Lipinski definition) is 0. The first-order valence-electron chi connectivity index (χ1n) is 10.6. The number of rotatable bonds is 12.